The highest BCUT2D eigenvalue weighted by molar-refractivity contribution is 9.10. The Bertz CT molecular complexity index is 1040. The Hall–Kier alpha value is -2.77. The van der Waals surface area contributed by atoms with Crippen LogP contribution in [0.2, 0.25) is 0 Å². The average Bonchev–Trinajstić information content (AvgIpc) is 3.35. The molecule has 7 heteroatoms. The van der Waals surface area contributed by atoms with Gasteiger partial charge in [0.2, 0.25) is 0 Å². The van der Waals surface area contributed by atoms with Crippen LogP contribution in [0.3, 0.4) is 0 Å². The van der Waals surface area contributed by atoms with E-state index in [0.29, 0.717) is 17.2 Å². The van der Waals surface area contributed by atoms with E-state index in [1.807, 2.05) is 70.9 Å². The molecule has 0 saturated carbocycles. The summed E-state index contributed by atoms with van der Waals surface area (Å²) in [7, 11) is 0. The summed E-state index contributed by atoms with van der Waals surface area (Å²) in [5, 5.41) is 9.57. The SMILES string of the molecule is O=C(Nc1nc(-c2ccc(Br)cc2)cs1)c1ccc(Cn2cccn2)cc1. The van der Waals surface area contributed by atoms with E-state index in [1.165, 1.54) is 11.3 Å². The summed E-state index contributed by atoms with van der Waals surface area (Å²) in [5.74, 6) is -0.169. The molecule has 0 saturated heterocycles. The van der Waals surface area contributed by atoms with Gasteiger partial charge in [-0.2, -0.15) is 5.10 Å². The summed E-state index contributed by atoms with van der Waals surface area (Å²) in [6, 6.07) is 17.3. The molecule has 2 aromatic heterocycles. The molecule has 0 fully saturated rings. The Balaban J connectivity index is 1.42. The molecule has 5 nitrogen and oxygen atoms in total. The van der Waals surface area contributed by atoms with Crippen LogP contribution in [0.5, 0.6) is 0 Å². The lowest BCUT2D eigenvalue weighted by Gasteiger charge is -2.05. The van der Waals surface area contributed by atoms with Gasteiger partial charge < -0.3 is 0 Å². The van der Waals surface area contributed by atoms with Gasteiger partial charge in [-0.3, -0.25) is 14.8 Å². The molecule has 0 radical (unpaired) electrons. The standard InChI is InChI=1S/C20H15BrN4OS/c21-17-8-6-15(7-9-17)18-13-27-20(23-18)24-19(26)16-4-2-14(3-5-16)12-25-11-1-10-22-25/h1-11,13H,12H2,(H,23,24,26). The second-order valence-electron chi connectivity index (χ2n) is 5.90. The smallest absolute Gasteiger partial charge is 0.257 e. The number of hydrogen-bond acceptors (Lipinski definition) is 4. The number of nitrogens with zero attached hydrogens (tertiary/aromatic N) is 3. The summed E-state index contributed by atoms with van der Waals surface area (Å²) in [4.78, 5) is 17.0. The molecule has 0 bridgehead atoms. The van der Waals surface area contributed by atoms with Crippen molar-refractivity contribution in [3.8, 4) is 11.3 Å². The third kappa shape index (κ3) is 4.32. The number of carbonyl (C=O) groups is 1. The van der Waals surface area contributed by atoms with Crippen molar-refractivity contribution >= 4 is 38.3 Å². The van der Waals surface area contributed by atoms with E-state index in [-0.39, 0.29) is 5.91 Å². The van der Waals surface area contributed by atoms with Gasteiger partial charge in [-0.15, -0.1) is 11.3 Å². The molecule has 0 spiro atoms. The summed E-state index contributed by atoms with van der Waals surface area (Å²) in [5.41, 5.74) is 3.54. The highest BCUT2D eigenvalue weighted by Crippen LogP contribution is 2.26. The van der Waals surface area contributed by atoms with Gasteiger partial charge in [-0.1, -0.05) is 40.2 Å². The van der Waals surface area contributed by atoms with Crippen LogP contribution < -0.4 is 5.32 Å². The van der Waals surface area contributed by atoms with Gasteiger partial charge in [0.15, 0.2) is 5.13 Å². The number of rotatable bonds is 5. The van der Waals surface area contributed by atoms with Gasteiger partial charge in [-0.05, 0) is 35.9 Å². The molecule has 0 unspecified atom stereocenters. The molecular weight excluding hydrogens is 424 g/mol. The Labute approximate surface area is 168 Å². The van der Waals surface area contributed by atoms with Crippen LogP contribution in [0, 0.1) is 0 Å². The maximum atomic E-state index is 12.5. The normalized spacial score (nSPS) is 10.7. The molecule has 1 amide bonds. The van der Waals surface area contributed by atoms with Crippen LogP contribution in [0.4, 0.5) is 5.13 Å². The van der Waals surface area contributed by atoms with Crippen LogP contribution >= 0.6 is 27.3 Å². The monoisotopic (exact) mass is 438 g/mol. The molecule has 4 aromatic rings. The van der Waals surface area contributed by atoms with Crippen molar-refractivity contribution in [3.05, 3.63) is 88.0 Å². The molecule has 0 aliphatic carbocycles. The zero-order valence-corrected chi connectivity index (χ0v) is 16.6. The van der Waals surface area contributed by atoms with E-state index >= 15 is 0 Å². The lowest BCUT2D eigenvalue weighted by atomic mass is 10.1. The first kappa shape index (κ1) is 17.6. The topological polar surface area (TPSA) is 59.8 Å². The molecule has 0 aliphatic rings. The molecule has 134 valence electrons. The summed E-state index contributed by atoms with van der Waals surface area (Å²) in [6.45, 7) is 0.679. The first-order chi connectivity index (χ1) is 13.2. The zero-order chi connectivity index (χ0) is 18.6. The third-order valence-electron chi connectivity index (χ3n) is 3.98. The number of hydrogen-bond donors (Lipinski definition) is 1. The number of carbonyl (C=O) groups excluding carboxylic acids is 1. The van der Waals surface area contributed by atoms with Crippen molar-refractivity contribution in [1.29, 1.82) is 0 Å². The molecule has 2 heterocycles. The average molecular weight is 439 g/mol. The predicted molar refractivity (Wildman–Crippen MR) is 111 cm³/mol. The summed E-state index contributed by atoms with van der Waals surface area (Å²) >= 11 is 4.83. The molecule has 0 atom stereocenters. The molecule has 0 aliphatic heterocycles. The molecule has 2 aromatic carbocycles. The first-order valence-corrected chi connectivity index (χ1v) is 9.94. The number of anilines is 1. The van der Waals surface area contributed by atoms with Gasteiger partial charge in [0.1, 0.15) is 0 Å². The van der Waals surface area contributed by atoms with E-state index in [9.17, 15) is 4.79 Å². The van der Waals surface area contributed by atoms with E-state index in [0.717, 1.165) is 21.3 Å². The Morgan fingerprint density at radius 1 is 1.11 bits per heavy atom. The minimum Gasteiger partial charge on any atom is -0.298 e. The van der Waals surface area contributed by atoms with Crippen LogP contribution in [0.15, 0.2) is 76.8 Å². The van der Waals surface area contributed by atoms with E-state index < -0.39 is 0 Å². The highest BCUT2D eigenvalue weighted by Gasteiger charge is 2.10. The lowest BCUT2D eigenvalue weighted by molar-refractivity contribution is 0.102. The minimum atomic E-state index is -0.169. The van der Waals surface area contributed by atoms with E-state index in [4.69, 9.17) is 0 Å². The second-order valence-corrected chi connectivity index (χ2v) is 7.67. The van der Waals surface area contributed by atoms with Crippen molar-refractivity contribution in [2.75, 3.05) is 5.32 Å². The third-order valence-corrected chi connectivity index (χ3v) is 5.27. The second kappa shape index (κ2) is 7.85. The molecule has 4 rings (SSSR count). The molecular formula is C20H15BrN4OS. The quantitative estimate of drug-likeness (QED) is 0.473. The summed E-state index contributed by atoms with van der Waals surface area (Å²) < 4.78 is 2.86. The number of aromatic nitrogens is 3. The number of thiazole rings is 1. The number of benzene rings is 2. The van der Waals surface area contributed by atoms with Crippen LogP contribution in [0.25, 0.3) is 11.3 Å². The van der Waals surface area contributed by atoms with Gasteiger partial charge in [0.25, 0.3) is 5.91 Å². The van der Waals surface area contributed by atoms with Crippen molar-refractivity contribution in [1.82, 2.24) is 14.8 Å². The van der Waals surface area contributed by atoms with Crippen LogP contribution in [-0.2, 0) is 6.54 Å². The first-order valence-electron chi connectivity index (χ1n) is 8.26. The van der Waals surface area contributed by atoms with E-state index in [2.05, 4.69) is 31.3 Å². The summed E-state index contributed by atoms with van der Waals surface area (Å²) in [6.07, 6.45) is 3.66. The fourth-order valence-electron chi connectivity index (χ4n) is 2.60. The fraction of sp³-hybridized carbons (Fsp3) is 0.0500. The predicted octanol–water partition coefficient (Wildman–Crippen LogP) is 5.07. The van der Waals surface area contributed by atoms with Gasteiger partial charge >= 0.3 is 0 Å². The largest absolute Gasteiger partial charge is 0.298 e. The Morgan fingerprint density at radius 2 is 1.89 bits per heavy atom. The Kier molecular flexibility index (Phi) is 5.13. The minimum absolute atomic E-state index is 0.169. The van der Waals surface area contributed by atoms with Crippen molar-refractivity contribution < 1.29 is 4.79 Å². The fourth-order valence-corrected chi connectivity index (χ4v) is 3.58. The van der Waals surface area contributed by atoms with Gasteiger partial charge in [0.05, 0.1) is 12.2 Å². The zero-order valence-electron chi connectivity index (χ0n) is 14.2. The van der Waals surface area contributed by atoms with Crippen LogP contribution in [0.1, 0.15) is 15.9 Å². The highest BCUT2D eigenvalue weighted by atomic mass is 79.9. The number of nitrogens with one attached hydrogen (secondary N) is 1. The maximum absolute atomic E-state index is 12.5. The van der Waals surface area contributed by atoms with E-state index in [1.54, 1.807) is 6.20 Å². The van der Waals surface area contributed by atoms with Crippen molar-refractivity contribution in [3.63, 3.8) is 0 Å². The Morgan fingerprint density at radius 3 is 2.59 bits per heavy atom. The number of halogens is 1. The van der Waals surface area contributed by atoms with Crippen molar-refractivity contribution in [2.45, 2.75) is 6.54 Å². The van der Waals surface area contributed by atoms with Crippen LogP contribution in [-0.4, -0.2) is 20.7 Å². The lowest BCUT2D eigenvalue weighted by Crippen LogP contribution is -2.11. The van der Waals surface area contributed by atoms with Gasteiger partial charge in [-0.25, -0.2) is 4.98 Å². The van der Waals surface area contributed by atoms with Gasteiger partial charge in [0, 0.05) is 33.4 Å². The molecule has 27 heavy (non-hydrogen) atoms. The van der Waals surface area contributed by atoms with Crippen molar-refractivity contribution in [2.24, 2.45) is 0 Å². The maximum Gasteiger partial charge on any atom is 0.257 e. The number of amides is 1. The molecule has 1 N–H and O–H groups in total.